The summed E-state index contributed by atoms with van der Waals surface area (Å²) in [5.41, 5.74) is 1.20. The molecule has 0 atom stereocenters. The molecule has 1 fully saturated rings. The van der Waals surface area contributed by atoms with Crippen LogP contribution >= 0.6 is 11.6 Å². The molecule has 1 aromatic carbocycles. The molecule has 0 spiro atoms. The first-order valence-electron chi connectivity index (χ1n) is 7.70. The van der Waals surface area contributed by atoms with Gasteiger partial charge in [-0.3, -0.25) is 0 Å². The van der Waals surface area contributed by atoms with Crippen molar-refractivity contribution in [1.82, 2.24) is 5.32 Å². The fraction of sp³-hybridized carbons (Fsp3) is 0.647. The maximum Gasteiger partial charge on any atom is 0.124 e. The molecule has 3 heteroatoms. The maximum absolute atomic E-state index is 13.3. The monoisotopic (exact) mass is 297 g/mol. The molecule has 0 aliphatic heterocycles. The fourth-order valence-electron chi connectivity index (χ4n) is 3.29. The number of hydrogen-bond acceptors (Lipinski definition) is 1. The summed E-state index contributed by atoms with van der Waals surface area (Å²) >= 11 is 6.33. The van der Waals surface area contributed by atoms with E-state index in [2.05, 4.69) is 19.2 Å². The van der Waals surface area contributed by atoms with Crippen LogP contribution in [0, 0.1) is 11.7 Å². The summed E-state index contributed by atoms with van der Waals surface area (Å²) in [7, 11) is 0. The summed E-state index contributed by atoms with van der Waals surface area (Å²) in [5.74, 6) is 0.388. The summed E-state index contributed by atoms with van der Waals surface area (Å²) in [6, 6.07) is 4.88. The highest BCUT2D eigenvalue weighted by Gasteiger charge is 2.35. The molecule has 0 amide bonds. The molecule has 1 N–H and O–H groups in total. The van der Waals surface area contributed by atoms with Gasteiger partial charge in [0, 0.05) is 17.0 Å². The number of rotatable bonds is 5. The van der Waals surface area contributed by atoms with E-state index in [0.717, 1.165) is 31.5 Å². The first kappa shape index (κ1) is 15.8. The predicted octanol–water partition coefficient (Wildman–Crippen LogP) is 4.93. The van der Waals surface area contributed by atoms with Gasteiger partial charge >= 0.3 is 0 Å². The summed E-state index contributed by atoms with van der Waals surface area (Å²) in [6.07, 6.45) is 6.05. The van der Waals surface area contributed by atoms with Gasteiger partial charge in [0.1, 0.15) is 5.82 Å². The largest absolute Gasteiger partial charge is 0.316 e. The first-order chi connectivity index (χ1) is 9.53. The Morgan fingerprint density at radius 3 is 2.55 bits per heavy atom. The van der Waals surface area contributed by atoms with Crippen LogP contribution in [0.3, 0.4) is 0 Å². The highest BCUT2D eigenvalue weighted by atomic mass is 35.5. The molecule has 1 aliphatic carbocycles. The van der Waals surface area contributed by atoms with Gasteiger partial charge in [-0.1, -0.05) is 50.8 Å². The van der Waals surface area contributed by atoms with E-state index in [4.69, 9.17) is 11.6 Å². The highest BCUT2D eigenvalue weighted by Crippen LogP contribution is 2.42. The van der Waals surface area contributed by atoms with Gasteiger partial charge in [0.05, 0.1) is 0 Å². The van der Waals surface area contributed by atoms with E-state index in [9.17, 15) is 4.39 Å². The molecule has 0 bridgehead atoms. The lowest BCUT2D eigenvalue weighted by Crippen LogP contribution is -2.41. The smallest absolute Gasteiger partial charge is 0.124 e. The zero-order chi connectivity index (χ0) is 14.6. The van der Waals surface area contributed by atoms with Crippen molar-refractivity contribution in [3.8, 4) is 0 Å². The summed E-state index contributed by atoms with van der Waals surface area (Å²) in [5, 5.41) is 4.17. The van der Waals surface area contributed by atoms with Gasteiger partial charge in [-0.05, 0) is 43.0 Å². The second-order valence-electron chi connectivity index (χ2n) is 6.49. The third-order valence-electron chi connectivity index (χ3n) is 4.33. The predicted molar refractivity (Wildman–Crippen MR) is 83.9 cm³/mol. The van der Waals surface area contributed by atoms with Gasteiger partial charge in [-0.15, -0.1) is 0 Å². The molecular weight excluding hydrogens is 273 g/mol. The van der Waals surface area contributed by atoms with Crippen molar-refractivity contribution in [2.75, 3.05) is 13.1 Å². The van der Waals surface area contributed by atoms with E-state index in [-0.39, 0.29) is 11.2 Å². The number of halogens is 2. The molecule has 0 heterocycles. The third kappa shape index (κ3) is 3.73. The second kappa shape index (κ2) is 6.91. The average Bonchev–Trinajstić information content (AvgIpc) is 2.39. The van der Waals surface area contributed by atoms with Crippen LogP contribution in [-0.4, -0.2) is 13.1 Å². The van der Waals surface area contributed by atoms with Crippen molar-refractivity contribution in [1.29, 1.82) is 0 Å². The standard InChI is InChI=1S/C17H25ClFN/c1-13(2)11-20-12-17(8-4-3-5-9-17)15-7-6-14(19)10-16(15)18/h6-7,10,13,20H,3-5,8-9,11-12H2,1-2H3. The van der Waals surface area contributed by atoms with Crippen LogP contribution < -0.4 is 5.32 Å². The average molecular weight is 298 g/mol. The second-order valence-corrected chi connectivity index (χ2v) is 6.90. The molecule has 0 unspecified atom stereocenters. The van der Waals surface area contributed by atoms with Crippen LogP contribution in [-0.2, 0) is 5.41 Å². The zero-order valence-corrected chi connectivity index (χ0v) is 13.3. The Morgan fingerprint density at radius 1 is 1.25 bits per heavy atom. The van der Waals surface area contributed by atoms with Gasteiger partial charge < -0.3 is 5.32 Å². The van der Waals surface area contributed by atoms with Gasteiger partial charge in [0.15, 0.2) is 0 Å². The van der Waals surface area contributed by atoms with Crippen LogP contribution in [0.15, 0.2) is 18.2 Å². The Labute approximate surface area is 126 Å². The number of hydrogen-bond donors (Lipinski definition) is 1. The third-order valence-corrected chi connectivity index (χ3v) is 4.64. The lowest BCUT2D eigenvalue weighted by molar-refractivity contribution is 0.276. The molecule has 0 aromatic heterocycles. The molecule has 20 heavy (non-hydrogen) atoms. The van der Waals surface area contributed by atoms with E-state index in [0.29, 0.717) is 10.9 Å². The van der Waals surface area contributed by atoms with E-state index in [1.807, 2.05) is 6.07 Å². The van der Waals surface area contributed by atoms with E-state index >= 15 is 0 Å². The molecule has 2 rings (SSSR count). The SMILES string of the molecule is CC(C)CNCC1(c2ccc(F)cc2Cl)CCCCC1. The maximum atomic E-state index is 13.3. The van der Waals surface area contributed by atoms with Crippen molar-refractivity contribution >= 4 is 11.6 Å². The lowest BCUT2D eigenvalue weighted by Gasteiger charge is -2.39. The zero-order valence-electron chi connectivity index (χ0n) is 12.5. The molecule has 0 radical (unpaired) electrons. The number of nitrogens with one attached hydrogen (secondary N) is 1. The Hall–Kier alpha value is -0.600. The van der Waals surface area contributed by atoms with Crippen LogP contribution in [0.4, 0.5) is 4.39 Å². The van der Waals surface area contributed by atoms with E-state index in [1.54, 1.807) is 6.07 Å². The Morgan fingerprint density at radius 2 is 1.95 bits per heavy atom. The van der Waals surface area contributed by atoms with Crippen LogP contribution in [0.2, 0.25) is 5.02 Å². The van der Waals surface area contributed by atoms with Crippen LogP contribution in [0.1, 0.15) is 51.5 Å². The van der Waals surface area contributed by atoms with Crippen molar-refractivity contribution in [2.45, 2.75) is 51.4 Å². The summed E-state index contributed by atoms with van der Waals surface area (Å²) in [6.45, 7) is 6.38. The Kier molecular flexibility index (Phi) is 5.45. The lowest BCUT2D eigenvalue weighted by atomic mass is 9.69. The van der Waals surface area contributed by atoms with Crippen molar-refractivity contribution in [2.24, 2.45) is 5.92 Å². The van der Waals surface area contributed by atoms with Crippen molar-refractivity contribution in [3.63, 3.8) is 0 Å². The van der Waals surface area contributed by atoms with Crippen LogP contribution in [0.25, 0.3) is 0 Å². The van der Waals surface area contributed by atoms with Gasteiger partial charge in [0.25, 0.3) is 0 Å². The Balaban J connectivity index is 2.21. The minimum Gasteiger partial charge on any atom is -0.316 e. The van der Waals surface area contributed by atoms with Gasteiger partial charge in [-0.25, -0.2) is 4.39 Å². The molecule has 1 saturated carbocycles. The van der Waals surface area contributed by atoms with Gasteiger partial charge in [-0.2, -0.15) is 0 Å². The molecular formula is C17H25ClFN. The topological polar surface area (TPSA) is 12.0 Å². The Bertz CT molecular complexity index is 439. The fourth-order valence-corrected chi connectivity index (χ4v) is 3.66. The summed E-state index contributed by atoms with van der Waals surface area (Å²) in [4.78, 5) is 0. The summed E-state index contributed by atoms with van der Waals surface area (Å²) < 4.78 is 13.3. The van der Waals surface area contributed by atoms with E-state index in [1.165, 1.54) is 25.3 Å². The minimum absolute atomic E-state index is 0.0813. The molecule has 1 aliphatic rings. The molecule has 1 nitrogen and oxygen atoms in total. The highest BCUT2D eigenvalue weighted by molar-refractivity contribution is 6.31. The minimum atomic E-state index is -0.250. The van der Waals surface area contributed by atoms with Crippen LogP contribution in [0.5, 0.6) is 0 Å². The van der Waals surface area contributed by atoms with Crippen molar-refractivity contribution in [3.05, 3.63) is 34.6 Å². The number of benzene rings is 1. The quantitative estimate of drug-likeness (QED) is 0.813. The van der Waals surface area contributed by atoms with Crippen molar-refractivity contribution < 1.29 is 4.39 Å². The molecule has 0 saturated heterocycles. The molecule has 112 valence electrons. The van der Waals surface area contributed by atoms with E-state index < -0.39 is 0 Å². The first-order valence-corrected chi connectivity index (χ1v) is 8.07. The van der Waals surface area contributed by atoms with Gasteiger partial charge in [0.2, 0.25) is 0 Å². The molecule has 1 aromatic rings. The normalized spacial score (nSPS) is 18.4.